The molecule has 0 spiro atoms. The van der Waals surface area contributed by atoms with Crippen LogP contribution in [-0.4, -0.2) is 43.2 Å². The lowest BCUT2D eigenvalue weighted by atomic mass is 10.1. The summed E-state index contributed by atoms with van der Waals surface area (Å²) in [6.07, 6.45) is 1.14. The third-order valence-corrected chi connectivity index (χ3v) is 4.86. The summed E-state index contributed by atoms with van der Waals surface area (Å²) in [5, 5.41) is 5.45. The molecule has 1 saturated heterocycles. The average molecular weight is 381 g/mol. The second-order valence-corrected chi connectivity index (χ2v) is 6.71. The summed E-state index contributed by atoms with van der Waals surface area (Å²) >= 11 is 0. The van der Waals surface area contributed by atoms with E-state index in [1.54, 1.807) is 4.90 Å². The highest BCUT2D eigenvalue weighted by molar-refractivity contribution is 6.09. The maximum Gasteiger partial charge on any atom is 0.414 e. The second kappa shape index (κ2) is 8.89. The number of aromatic nitrogens is 1. The molecule has 4 rings (SSSR count). The minimum atomic E-state index is -0.270. The molecule has 2 heterocycles. The van der Waals surface area contributed by atoms with Crippen molar-refractivity contribution in [3.05, 3.63) is 42.5 Å². The third-order valence-electron chi connectivity index (χ3n) is 4.86. The third kappa shape index (κ3) is 3.73. The summed E-state index contributed by atoms with van der Waals surface area (Å²) in [4.78, 5) is 23.1. The van der Waals surface area contributed by atoms with Crippen LogP contribution in [0.5, 0.6) is 0 Å². The van der Waals surface area contributed by atoms with Gasteiger partial charge in [0.15, 0.2) is 0 Å². The Balaban J connectivity index is 0.000000516. The van der Waals surface area contributed by atoms with Crippen LogP contribution in [0.1, 0.15) is 20.3 Å². The van der Waals surface area contributed by atoms with Crippen LogP contribution >= 0.6 is 0 Å². The van der Waals surface area contributed by atoms with Gasteiger partial charge in [0.05, 0.1) is 6.54 Å². The fraction of sp³-hybridized carbons (Fsp3) is 0.364. The number of para-hydroxylation sites is 1. The van der Waals surface area contributed by atoms with Crippen molar-refractivity contribution >= 4 is 39.9 Å². The molecule has 2 aromatic carbocycles. The Kier molecular flexibility index (Phi) is 6.31. The number of carbonyl (C=O) groups excluding carboxylic acids is 2. The van der Waals surface area contributed by atoms with E-state index in [-0.39, 0.29) is 12.2 Å². The summed E-state index contributed by atoms with van der Waals surface area (Å²) in [5.74, 6) is 0. The fourth-order valence-corrected chi connectivity index (χ4v) is 3.62. The van der Waals surface area contributed by atoms with Gasteiger partial charge in [-0.1, -0.05) is 25.1 Å². The van der Waals surface area contributed by atoms with Crippen molar-refractivity contribution in [3.63, 3.8) is 0 Å². The monoisotopic (exact) mass is 381 g/mol. The lowest BCUT2D eigenvalue weighted by Crippen LogP contribution is -2.29. The predicted octanol–water partition coefficient (Wildman–Crippen LogP) is 3.95. The van der Waals surface area contributed by atoms with Gasteiger partial charge < -0.3 is 19.4 Å². The van der Waals surface area contributed by atoms with Gasteiger partial charge in [0.2, 0.25) is 0 Å². The van der Waals surface area contributed by atoms with E-state index in [0.717, 1.165) is 18.5 Å². The molecule has 0 aliphatic carbocycles. The number of benzene rings is 2. The van der Waals surface area contributed by atoms with Crippen molar-refractivity contribution in [1.82, 2.24) is 9.88 Å². The molecule has 1 atom stereocenters. The number of hydrogen-bond donors (Lipinski definition) is 1. The van der Waals surface area contributed by atoms with Crippen LogP contribution in [0.2, 0.25) is 0 Å². The summed E-state index contributed by atoms with van der Waals surface area (Å²) in [6.45, 7) is 6.13. The molecule has 148 valence electrons. The van der Waals surface area contributed by atoms with Crippen LogP contribution in [0.4, 0.5) is 10.5 Å². The largest absolute Gasteiger partial charge is 0.443 e. The highest BCUT2D eigenvalue weighted by atomic mass is 16.6. The molecule has 3 aromatic rings. The zero-order chi connectivity index (χ0) is 20.1. The van der Waals surface area contributed by atoms with Gasteiger partial charge >= 0.3 is 6.09 Å². The summed E-state index contributed by atoms with van der Waals surface area (Å²) in [6, 6.07) is 14.6. The molecule has 1 amide bonds. The van der Waals surface area contributed by atoms with E-state index < -0.39 is 0 Å². The molecule has 0 radical (unpaired) electrons. The predicted molar refractivity (Wildman–Crippen MR) is 113 cm³/mol. The van der Waals surface area contributed by atoms with Crippen molar-refractivity contribution < 1.29 is 14.3 Å². The Bertz CT molecular complexity index is 980. The van der Waals surface area contributed by atoms with E-state index >= 15 is 0 Å². The number of aldehydes is 1. The number of nitrogens with one attached hydrogen (secondary N) is 1. The lowest BCUT2D eigenvalue weighted by Gasteiger charge is -2.13. The number of aryl methyl sites for hydroxylation is 1. The number of rotatable bonds is 5. The number of nitrogens with zero attached hydrogens (tertiary/aromatic N) is 2. The number of ether oxygens (including phenoxy) is 1. The first-order valence-electron chi connectivity index (χ1n) is 9.71. The minimum absolute atomic E-state index is 0.102. The molecule has 0 bridgehead atoms. The molecule has 1 unspecified atom stereocenters. The Hall–Kier alpha value is -2.86. The molecular weight excluding hydrogens is 354 g/mol. The highest BCUT2D eigenvalue weighted by Gasteiger charge is 2.32. The SMILES string of the molecule is CCC=O.CCn1c2ccccc2c2cc(N3CC(CNC)OC3=O)ccc21. The molecule has 1 fully saturated rings. The Morgan fingerprint density at radius 3 is 2.54 bits per heavy atom. The smallest absolute Gasteiger partial charge is 0.414 e. The molecule has 1 N–H and O–H groups in total. The van der Waals surface area contributed by atoms with Crippen LogP contribution in [0.3, 0.4) is 0 Å². The Morgan fingerprint density at radius 1 is 1.14 bits per heavy atom. The summed E-state index contributed by atoms with van der Waals surface area (Å²) in [5.41, 5.74) is 3.32. The number of fused-ring (bicyclic) bond motifs is 3. The van der Waals surface area contributed by atoms with Crippen LogP contribution in [0, 0.1) is 0 Å². The molecule has 0 saturated carbocycles. The van der Waals surface area contributed by atoms with Crippen LogP contribution in [0.15, 0.2) is 42.5 Å². The highest BCUT2D eigenvalue weighted by Crippen LogP contribution is 2.33. The van der Waals surface area contributed by atoms with Gasteiger partial charge in [-0.2, -0.15) is 0 Å². The van der Waals surface area contributed by atoms with E-state index in [1.807, 2.05) is 20.0 Å². The van der Waals surface area contributed by atoms with Crippen LogP contribution < -0.4 is 10.2 Å². The maximum atomic E-state index is 12.2. The second-order valence-electron chi connectivity index (χ2n) is 6.71. The standard InChI is InChI=1S/C19H21N3O2.C3H6O/c1-3-21-17-7-5-4-6-15(17)16-10-13(8-9-18(16)21)22-12-14(11-20-2)24-19(22)23;1-2-3-4/h4-10,14,20H,3,11-12H2,1-2H3;3H,2H2,1H3. The van der Waals surface area contributed by atoms with E-state index in [4.69, 9.17) is 4.74 Å². The quantitative estimate of drug-likeness (QED) is 0.680. The number of amides is 1. The van der Waals surface area contributed by atoms with Crippen molar-refractivity contribution in [2.24, 2.45) is 0 Å². The number of hydrogen-bond acceptors (Lipinski definition) is 4. The fourth-order valence-electron chi connectivity index (χ4n) is 3.62. The first kappa shape index (κ1) is 19.9. The summed E-state index contributed by atoms with van der Waals surface area (Å²) < 4.78 is 7.72. The van der Waals surface area contributed by atoms with Gasteiger partial charge in [0.1, 0.15) is 12.4 Å². The lowest BCUT2D eigenvalue weighted by molar-refractivity contribution is -0.107. The minimum Gasteiger partial charge on any atom is -0.443 e. The van der Waals surface area contributed by atoms with E-state index in [1.165, 1.54) is 21.8 Å². The number of likely N-dealkylation sites (N-methyl/N-ethyl adjacent to an activating group) is 1. The van der Waals surface area contributed by atoms with Gasteiger partial charge in [-0.05, 0) is 38.2 Å². The molecule has 1 aromatic heterocycles. The van der Waals surface area contributed by atoms with Gasteiger partial charge in [0.25, 0.3) is 0 Å². The molecular formula is C22H27N3O3. The van der Waals surface area contributed by atoms with Gasteiger partial charge in [0, 0.05) is 47.0 Å². The number of carbonyl (C=O) groups is 2. The average Bonchev–Trinajstić information content (AvgIpc) is 3.25. The molecule has 28 heavy (non-hydrogen) atoms. The topological polar surface area (TPSA) is 63.6 Å². The van der Waals surface area contributed by atoms with Crippen LogP contribution in [-0.2, 0) is 16.1 Å². The van der Waals surface area contributed by atoms with Gasteiger partial charge in [-0.15, -0.1) is 0 Å². The van der Waals surface area contributed by atoms with Crippen molar-refractivity contribution in [2.45, 2.75) is 32.9 Å². The van der Waals surface area contributed by atoms with Crippen LogP contribution in [0.25, 0.3) is 21.8 Å². The normalized spacial score (nSPS) is 16.2. The summed E-state index contributed by atoms with van der Waals surface area (Å²) in [7, 11) is 1.86. The molecule has 6 nitrogen and oxygen atoms in total. The molecule has 6 heteroatoms. The first-order valence-corrected chi connectivity index (χ1v) is 9.71. The maximum absolute atomic E-state index is 12.2. The van der Waals surface area contributed by atoms with Crippen molar-refractivity contribution in [2.75, 3.05) is 25.0 Å². The van der Waals surface area contributed by atoms with Crippen molar-refractivity contribution in [1.29, 1.82) is 0 Å². The zero-order valence-electron chi connectivity index (χ0n) is 16.6. The van der Waals surface area contributed by atoms with Gasteiger partial charge in [-0.25, -0.2) is 4.79 Å². The Labute approximate surface area is 165 Å². The zero-order valence-corrected chi connectivity index (χ0v) is 16.6. The van der Waals surface area contributed by atoms with Crippen molar-refractivity contribution in [3.8, 4) is 0 Å². The molecule has 1 aliphatic rings. The van der Waals surface area contributed by atoms with Gasteiger partial charge in [-0.3, -0.25) is 4.90 Å². The first-order chi connectivity index (χ1) is 13.6. The molecule has 1 aliphatic heterocycles. The van der Waals surface area contributed by atoms with E-state index in [2.05, 4.69) is 53.2 Å². The van der Waals surface area contributed by atoms with E-state index in [9.17, 15) is 9.59 Å². The number of anilines is 1. The number of cyclic esters (lactones) is 1. The Morgan fingerprint density at radius 2 is 1.86 bits per heavy atom. The van der Waals surface area contributed by atoms with E-state index in [0.29, 0.717) is 19.5 Å².